The first-order valence-electron chi connectivity index (χ1n) is 5.55. The van der Waals surface area contributed by atoms with E-state index >= 15 is 0 Å². The van der Waals surface area contributed by atoms with Crippen LogP contribution in [0.3, 0.4) is 0 Å². The highest BCUT2D eigenvalue weighted by Crippen LogP contribution is 2.24. The number of pyridine rings is 1. The Morgan fingerprint density at radius 1 is 0.889 bits per heavy atom. The molecule has 3 nitrogen and oxygen atoms in total. The summed E-state index contributed by atoms with van der Waals surface area (Å²) >= 11 is 5.87. The van der Waals surface area contributed by atoms with Crippen molar-refractivity contribution in [1.29, 1.82) is 0 Å². The van der Waals surface area contributed by atoms with Gasteiger partial charge in [-0.05, 0) is 35.9 Å². The second-order valence-electron chi connectivity index (χ2n) is 3.91. The maximum absolute atomic E-state index is 5.87. The summed E-state index contributed by atoms with van der Waals surface area (Å²) in [5.41, 5.74) is 3.98. The van der Waals surface area contributed by atoms with Crippen LogP contribution in [0.15, 0.2) is 54.9 Å². The molecule has 0 amide bonds. The highest BCUT2D eigenvalue weighted by molar-refractivity contribution is 6.30. The molecule has 4 heteroatoms. The lowest BCUT2D eigenvalue weighted by Crippen LogP contribution is -1.77. The Morgan fingerprint density at radius 2 is 1.61 bits per heavy atom. The van der Waals surface area contributed by atoms with Crippen LogP contribution in [0.25, 0.3) is 22.5 Å². The first-order chi connectivity index (χ1) is 8.83. The summed E-state index contributed by atoms with van der Waals surface area (Å²) in [5.74, 6) is 0. The molecule has 0 aliphatic rings. The molecule has 2 aromatic heterocycles. The van der Waals surface area contributed by atoms with Gasteiger partial charge in [-0.15, -0.1) is 0 Å². The normalized spacial score (nSPS) is 10.5. The zero-order chi connectivity index (χ0) is 12.4. The summed E-state index contributed by atoms with van der Waals surface area (Å²) in [7, 11) is 0. The molecule has 0 aliphatic heterocycles. The molecule has 0 spiro atoms. The highest BCUT2D eigenvalue weighted by atomic mass is 35.5. The number of hydrogen-bond acceptors (Lipinski definition) is 2. The molecule has 0 atom stereocenters. The number of H-pyrrole nitrogens is 1. The average Bonchev–Trinajstić information content (AvgIpc) is 2.90. The molecule has 0 aliphatic carbocycles. The van der Waals surface area contributed by atoms with Crippen molar-refractivity contribution in [2.45, 2.75) is 0 Å². The summed E-state index contributed by atoms with van der Waals surface area (Å²) in [4.78, 5) is 3.99. The molecular formula is C14H10ClN3. The second-order valence-corrected chi connectivity index (χ2v) is 4.35. The summed E-state index contributed by atoms with van der Waals surface area (Å²) in [6, 6.07) is 13.5. The van der Waals surface area contributed by atoms with Gasteiger partial charge in [0, 0.05) is 23.0 Å². The maximum atomic E-state index is 5.87. The largest absolute Gasteiger partial charge is 0.277 e. The van der Waals surface area contributed by atoms with E-state index in [-0.39, 0.29) is 0 Å². The van der Waals surface area contributed by atoms with Gasteiger partial charge >= 0.3 is 0 Å². The number of nitrogens with one attached hydrogen (secondary N) is 1. The minimum Gasteiger partial charge on any atom is -0.277 e. The van der Waals surface area contributed by atoms with Crippen molar-refractivity contribution in [3.05, 3.63) is 59.9 Å². The SMILES string of the molecule is Clc1ccc(-c2cc(-c3ccncc3)n[nH]2)cc1. The van der Waals surface area contributed by atoms with Crippen molar-refractivity contribution in [3.63, 3.8) is 0 Å². The van der Waals surface area contributed by atoms with Crippen LogP contribution in [0, 0.1) is 0 Å². The fourth-order valence-corrected chi connectivity index (χ4v) is 1.90. The highest BCUT2D eigenvalue weighted by Gasteiger charge is 2.05. The molecule has 1 aromatic carbocycles. The second kappa shape index (κ2) is 4.63. The molecule has 0 bridgehead atoms. The maximum Gasteiger partial charge on any atom is 0.0928 e. The molecule has 88 valence electrons. The van der Waals surface area contributed by atoms with Gasteiger partial charge in [0.1, 0.15) is 0 Å². The van der Waals surface area contributed by atoms with Gasteiger partial charge in [0.2, 0.25) is 0 Å². The fourth-order valence-electron chi connectivity index (χ4n) is 1.77. The topological polar surface area (TPSA) is 41.6 Å². The lowest BCUT2D eigenvalue weighted by molar-refractivity contribution is 1.10. The number of aromatic amines is 1. The van der Waals surface area contributed by atoms with E-state index in [1.54, 1.807) is 12.4 Å². The van der Waals surface area contributed by atoms with Crippen molar-refractivity contribution in [3.8, 4) is 22.5 Å². The summed E-state index contributed by atoms with van der Waals surface area (Å²) in [6.07, 6.45) is 3.51. The zero-order valence-corrected chi connectivity index (χ0v) is 10.2. The lowest BCUT2D eigenvalue weighted by Gasteiger charge is -1.96. The number of nitrogens with zero attached hydrogens (tertiary/aromatic N) is 2. The van der Waals surface area contributed by atoms with Crippen LogP contribution >= 0.6 is 11.6 Å². The predicted molar refractivity (Wildman–Crippen MR) is 72.3 cm³/mol. The van der Waals surface area contributed by atoms with Crippen molar-refractivity contribution >= 4 is 11.6 Å². The zero-order valence-electron chi connectivity index (χ0n) is 9.47. The van der Waals surface area contributed by atoms with Gasteiger partial charge in [-0.3, -0.25) is 10.1 Å². The third kappa shape index (κ3) is 2.13. The average molecular weight is 256 g/mol. The van der Waals surface area contributed by atoms with Gasteiger partial charge in [0.25, 0.3) is 0 Å². The standard InChI is InChI=1S/C14H10ClN3/c15-12-3-1-10(2-4-12)13-9-14(18-17-13)11-5-7-16-8-6-11/h1-9H,(H,17,18). The molecule has 3 rings (SSSR count). The van der Waals surface area contributed by atoms with Gasteiger partial charge in [-0.2, -0.15) is 5.10 Å². The molecule has 3 aromatic rings. The molecule has 2 heterocycles. The van der Waals surface area contributed by atoms with Gasteiger partial charge in [0.05, 0.1) is 11.4 Å². The van der Waals surface area contributed by atoms with Crippen LogP contribution in [0.5, 0.6) is 0 Å². The number of rotatable bonds is 2. The predicted octanol–water partition coefficient (Wildman–Crippen LogP) is 3.79. The van der Waals surface area contributed by atoms with Crippen LogP contribution in [0.2, 0.25) is 5.02 Å². The van der Waals surface area contributed by atoms with E-state index in [9.17, 15) is 0 Å². The van der Waals surface area contributed by atoms with Crippen LogP contribution in [0.1, 0.15) is 0 Å². The van der Waals surface area contributed by atoms with Crippen LogP contribution in [-0.2, 0) is 0 Å². The Hall–Kier alpha value is -2.13. The Balaban J connectivity index is 1.97. The summed E-state index contributed by atoms with van der Waals surface area (Å²) in [6.45, 7) is 0. The Kier molecular flexibility index (Phi) is 2.82. The Morgan fingerprint density at radius 3 is 2.33 bits per heavy atom. The van der Waals surface area contributed by atoms with Gasteiger partial charge in [-0.25, -0.2) is 0 Å². The third-order valence-corrected chi connectivity index (χ3v) is 2.96. The number of aromatic nitrogens is 3. The summed E-state index contributed by atoms with van der Waals surface area (Å²) < 4.78 is 0. The smallest absolute Gasteiger partial charge is 0.0928 e. The van der Waals surface area contributed by atoms with Crippen LogP contribution in [-0.4, -0.2) is 15.2 Å². The van der Waals surface area contributed by atoms with Crippen molar-refractivity contribution < 1.29 is 0 Å². The third-order valence-electron chi connectivity index (χ3n) is 2.71. The van der Waals surface area contributed by atoms with E-state index < -0.39 is 0 Å². The van der Waals surface area contributed by atoms with E-state index in [0.717, 1.165) is 27.5 Å². The molecular weight excluding hydrogens is 246 g/mol. The molecule has 0 radical (unpaired) electrons. The molecule has 18 heavy (non-hydrogen) atoms. The van der Waals surface area contributed by atoms with Crippen molar-refractivity contribution in [1.82, 2.24) is 15.2 Å². The van der Waals surface area contributed by atoms with Gasteiger partial charge in [-0.1, -0.05) is 23.7 Å². The van der Waals surface area contributed by atoms with E-state index in [1.165, 1.54) is 0 Å². The summed E-state index contributed by atoms with van der Waals surface area (Å²) in [5, 5.41) is 8.06. The first-order valence-corrected chi connectivity index (χ1v) is 5.92. The monoisotopic (exact) mass is 255 g/mol. The van der Waals surface area contributed by atoms with E-state index in [1.807, 2.05) is 42.5 Å². The quantitative estimate of drug-likeness (QED) is 0.757. The Bertz CT molecular complexity index is 644. The molecule has 0 saturated carbocycles. The van der Waals surface area contributed by atoms with E-state index in [0.29, 0.717) is 0 Å². The molecule has 0 unspecified atom stereocenters. The van der Waals surface area contributed by atoms with Crippen molar-refractivity contribution in [2.75, 3.05) is 0 Å². The Labute approximate surface area is 109 Å². The fraction of sp³-hybridized carbons (Fsp3) is 0. The lowest BCUT2D eigenvalue weighted by atomic mass is 10.1. The molecule has 1 N–H and O–H groups in total. The number of hydrogen-bond donors (Lipinski definition) is 1. The van der Waals surface area contributed by atoms with Gasteiger partial charge in [0.15, 0.2) is 0 Å². The van der Waals surface area contributed by atoms with Gasteiger partial charge < -0.3 is 0 Å². The molecule has 0 saturated heterocycles. The van der Waals surface area contributed by atoms with Crippen molar-refractivity contribution in [2.24, 2.45) is 0 Å². The minimum absolute atomic E-state index is 0.729. The number of halogens is 1. The van der Waals surface area contributed by atoms with Crippen LogP contribution in [0.4, 0.5) is 0 Å². The molecule has 0 fully saturated rings. The minimum atomic E-state index is 0.729. The van der Waals surface area contributed by atoms with Crippen LogP contribution < -0.4 is 0 Å². The van der Waals surface area contributed by atoms with E-state index in [2.05, 4.69) is 15.2 Å². The number of benzene rings is 1. The van der Waals surface area contributed by atoms with E-state index in [4.69, 9.17) is 11.6 Å². The first kappa shape index (κ1) is 11.0.